The molecular formula is C10H9N3O5. The van der Waals surface area contributed by atoms with E-state index < -0.39 is 17.8 Å². The van der Waals surface area contributed by atoms with Crippen molar-refractivity contribution in [3.63, 3.8) is 0 Å². The Kier molecular flexibility index (Phi) is 3.98. The molecule has 2 rings (SSSR count). The first-order valence-electron chi connectivity index (χ1n) is 4.62. The smallest absolute Gasteiger partial charge is 0.414 e. The van der Waals surface area contributed by atoms with E-state index in [1.165, 1.54) is 0 Å². The van der Waals surface area contributed by atoms with Crippen LogP contribution in [-0.2, 0) is 9.59 Å². The minimum Gasteiger partial charge on any atom is -0.473 e. The summed E-state index contributed by atoms with van der Waals surface area (Å²) >= 11 is 0. The Labute approximate surface area is 100 Å². The number of amides is 1. The van der Waals surface area contributed by atoms with E-state index in [2.05, 4.69) is 10.2 Å². The van der Waals surface area contributed by atoms with Crippen molar-refractivity contribution >= 4 is 28.7 Å². The summed E-state index contributed by atoms with van der Waals surface area (Å²) < 4.78 is 0. The second kappa shape index (κ2) is 5.43. The molecule has 1 amide bonds. The molecule has 0 saturated heterocycles. The fourth-order valence-electron chi connectivity index (χ4n) is 1.15. The molecule has 0 atom stereocenters. The highest BCUT2D eigenvalue weighted by atomic mass is 16.4. The first-order chi connectivity index (χ1) is 8.43. The monoisotopic (exact) mass is 251 g/mol. The number of benzene rings is 1. The molecule has 1 aromatic carbocycles. The molecule has 8 heteroatoms. The van der Waals surface area contributed by atoms with Crippen molar-refractivity contribution in [1.82, 2.24) is 10.2 Å². The minimum absolute atomic E-state index is 0.297. The van der Waals surface area contributed by atoms with Crippen LogP contribution in [0.2, 0.25) is 0 Å². The molecule has 0 saturated carbocycles. The average Bonchev–Trinajstić information content (AvgIpc) is 2.73. The van der Waals surface area contributed by atoms with Crippen LogP contribution in [0.25, 0.3) is 10.9 Å². The van der Waals surface area contributed by atoms with Crippen LogP contribution >= 0.6 is 0 Å². The van der Waals surface area contributed by atoms with Crippen molar-refractivity contribution in [2.75, 3.05) is 0 Å². The van der Waals surface area contributed by atoms with Gasteiger partial charge in [0.15, 0.2) is 5.69 Å². The van der Waals surface area contributed by atoms with E-state index in [1.807, 2.05) is 18.2 Å². The fourth-order valence-corrected chi connectivity index (χ4v) is 1.15. The van der Waals surface area contributed by atoms with Crippen LogP contribution in [0, 0.1) is 0 Å². The summed E-state index contributed by atoms with van der Waals surface area (Å²) in [5, 5.41) is 22.1. The Morgan fingerprint density at radius 1 is 1.11 bits per heavy atom. The third-order valence-corrected chi connectivity index (χ3v) is 1.89. The number of para-hydroxylation sites is 1. The first kappa shape index (κ1) is 13.2. The van der Waals surface area contributed by atoms with E-state index in [0.29, 0.717) is 5.69 Å². The van der Waals surface area contributed by atoms with Crippen LogP contribution in [0.4, 0.5) is 0 Å². The average molecular weight is 251 g/mol. The Morgan fingerprint density at radius 2 is 1.67 bits per heavy atom. The number of carboxylic acid groups (broad SMARTS) is 2. The summed E-state index contributed by atoms with van der Waals surface area (Å²) in [6.07, 6.45) is 0. The number of nitrogens with one attached hydrogen (secondary N) is 1. The number of rotatable bonds is 1. The lowest BCUT2D eigenvalue weighted by atomic mass is 10.2. The Bertz CT molecular complexity index is 592. The highest BCUT2D eigenvalue weighted by Crippen LogP contribution is 2.13. The van der Waals surface area contributed by atoms with Crippen molar-refractivity contribution in [2.24, 2.45) is 5.73 Å². The van der Waals surface area contributed by atoms with E-state index in [1.54, 1.807) is 6.07 Å². The zero-order chi connectivity index (χ0) is 13.7. The number of H-pyrrole nitrogens is 1. The molecule has 0 aliphatic rings. The number of primary amides is 1. The lowest BCUT2D eigenvalue weighted by Crippen LogP contribution is -2.11. The lowest BCUT2D eigenvalue weighted by molar-refractivity contribution is -0.159. The molecule has 0 aliphatic heterocycles. The van der Waals surface area contributed by atoms with E-state index in [4.69, 9.17) is 25.5 Å². The van der Waals surface area contributed by atoms with E-state index in [0.717, 1.165) is 10.9 Å². The Balaban J connectivity index is 0.000000232. The Morgan fingerprint density at radius 3 is 2.17 bits per heavy atom. The molecule has 94 valence electrons. The van der Waals surface area contributed by atoms with Crippen LogP contribution in [0.5, 0.6) is 0 Å². The summed E-state index contributed by atoms with van der Waals surface area (Å²) in [7, 11) is 0. The van der Waals surface area contributed by atoms with Crippen molar-refractivity contribution < 1.29 is 24.6 Å². The van der Waals surface area contributed by atoms with Gasteiger partial charge in [-0.1, -0.05) is 18.2 Å². The third-order valence-electron chi connectivity index (χ3n) is 1.89. The molecule has 1 aromatic heterocycles. The van der Waals surface area contributed by atoms with Gasteiger partial charge in [-0.2, -0.15) is 5.10 Å². The number of aromatic nitrogens is 2. The maximum Gasteiger partial charge on any atom is 0.414 e. The molecule has 18 heavy (non-hydrogen) atoms. The predicted octanol–water partition coefficient (Wildman–Crippen LogP) is -0.183. The molecule has 0 bridgehead atoms. The minimum atomic E-state index is -1.82. The quantitative estimate of drug-likeness (QED) is 0.517. The second-order valence-corrected chi connectivity index (χ2v) is 3.09. The van der Waals surface area contributed by atoms with Crippen LogP contribution in [-0.4, -0.2) is 38.3 Å². The van der Waals surface area contributed by atoms with Gasteiger partial charge in [0.2, 0.25) is 0 Å². The zero-order valence-electron chi connectivity index (χ0n) is 8.95. The Hall–Kier alpha value is -2.90. The molecule has 0 fully saturated rings. The van der Waals surface area contributed by atoms with E-state index in [-0.39, 0.29) is 0 Å². The molecule has 0 radical (unpaired) electrons. The van der Waals surface area contributed by atoms with Gasteiger partial charge in [0.25, 0.3) is 5.91 Å². The lowest BCUT2D eigenvalue weighted by Gasteiger charge is -1.88. The van der Waals surface area contributed by atoms with Gasteiger partial charge < -0.3 is 15.9 Å². The zero-order valence-corrected chi connectivity index (χ0v) is 8.95. The van der Waals surface area contributed by atoms with Gasteiger partial charge in [-0.3, -0.25) is 9.89 Å². The van der Waals surface area contributed by atoms with Gasteiger partial charge in [-0.25, -0.2) is 9.59 Å². The topological polar surface area (TPSA) is 146 Å². The number of carbonyl (C=O) groups is 3. The third kappa shape index (κ3) is 3.04. The maximum atomic E-state index is 10.8. The van der Waals surface area contributed by atoms with Gasteiger partial charge in [0.1, 0.15) is 0 Å². The summed E-state index contributed by atoms with van der Waals surface area (Å²) in [6, 6.07) is 7.35. The number of carboxylic acids is 2. The van der Waals surface area contributed by atoms with Gasteiger partial charge in [0, 0.05) is 5.39 Å². The SMILES string of the molecule is NC(=O)c1n[nH]c2ccccc12.O=C(O)C(=O)O. The van der Waals surface area contributed by atoms with Gasteiger partial charge in [-0.05, 0) is 6.07 Å². The fraction of sp³-hybridized carbons (Fsp3) is 0. The normalized spacial score (nSPS) is 9.33. The summed E-state index contributed by atoms with van der Waals surface area (Å²) in [6.45, 7) is 0. The molecule has 0 unspecified atom stereocenters. The summed E-state index contributed by atoms with van der Waals surface area (Å²) in [5.74, 6) is -4.16. The van der Waals surface area contributed by atoms with Crippen LogP contribution in [0.1, 0.15) is 10.5 Å². The summed E-state index contributed by atoms with van der Waals surface area (Å²) in [4.78, 5) is 29.0. The van der Waals surface area contributed by atoms with Crippen molar-refractivity contribution in [2.45, 2.75) is 0 Å². The number of fused-ring (bicyclic) bond motifs is 1. The molecule has 1 heterocycles. The summed E-state index contributed by atoms with van der Waals surface area (Å²) in [5.41, 5.74) is 6.22. The van der Waals surface area contributed by atoms with Crippen molar-refractivity contribution in [3.8, 4) is 0 Å². The number of aromatic amines is 1. The molecule has 2 aromatic rings. The number of hydrogen-bond donors (Lipinski definition) is 4. The van der Waals surface area contributed by atoms with Gasteiger partial charge in [0.05, 0.1) is 5.52 Å². The van der Waals surface area contributed by atoms with E-state index in [9.17, 15) is 4.79 Å². The van der Waals surface area contributed by atoms with Crippen LogP contribution in [0.15, 0.2) is 24.3 Å². The first-order valence-corrected chi connectivity index (χ1v) is 4.62. The second-order valence-electron chi connectivity index (χ2n) is 3.09. The molecule has 0 spiro atoms. The molecule has 5 N–H and O–H groups in total. The highest BCUT2D eigenvalue weighted by Gasteiger charge is 2.08. The standard InChI is InChI=1S/C8H7N3O.C2H2O4/c9-8(12)7-5-3-1-2-4-6(5)10-11-7;3-1(4)2(5)6/h1-4H,(H2,9,12)(H,10,11);(H,3,4)(H,5,6). The van der Waals surface area contributed by atoms with Crippen molar-refractivity contribution in [1.29, 1.82) is 0 Å². The van der Waals surface area contributed by atoms with Crippen LogP contribution in [0.3, 0.4) is 0 Å². The molecule has 0 aliphatic carbocycles. The number of hydrogen-bond acceptors (Lipinski definition) is 4. The molecule has 8 nitrogen and oxygen atoms in total. The van der Waals surface area contributed by atoms with Gasteiger partial charge in [-0.15, -0.1) is 0 Å². The largest absolute Gasteiger partial charge is 0.473 e. The van der Waals surface area contributed by atoms with Crippen LogP contribution < -0.4 is 5.73 Å². The molecular weight excluding hydrogens is 242 g/mol. The number of aliphatic carboxylic acids is 2. The highest BCUT2D eigenvalue weighted by molar-refractivity contribution is 6.27. The van der Waals surface area contributed by atoms with Crippen molar-refractivity contribution in [3.05, 3.63) is 30.0 Å². The predicted molar refractivity (Wildman–Crippen MR) is 59.9 cm³/mol. The number of nitrogens with two attached hydrogens (primary N) is 1. The van der Waals surface area contributed by atoms with Gasteiger partial charge >= 0.3 is 11.9 Å². The number of carbonyl (C=O) groups excluding carboxylic acids is 1. The maximum absolute atomic E-state index is 10.8. The number of nitrogens with zero attached hydrogens (tertiary/aromatic N) is 1. The van der Waals surface area contributed by atoms with E-state index >= 15 is 0 Å².